The molecule has 0 aromatic heterocycles. The average Bonchev–Trinajstić information content (AvgIpc) is 2.02. The van der Waals surface area contributed by atoms with E-state index in [-0.39, 0.29) is 0 Å². The molecule has 0 spiro atoms. The minimum absolute atomic E-state index is 0.712. The van der Waals surface area contributed by atoms with Gasteiger partial charge in [0.15, 0.2) is 0 Å². The van der Waals surface area contributed by atoms with Gasteiger partial charge in [0.05, 0.1) is 0 Å². The maximum atomic E-state index is 3.88. The molecule has 1 heteroatoms. The van der Waals surface area contributed by atoms with E-state index in [1.807, 2.05) is 6.92 Å². The maximum absolute atomic E-state index is 3.88. The van der Waals surface area contributed by atoms with Gasteiger partial charge in [0, 0.05) is 0 Å². The lowest BCUT2D eigenvalue weighted by molar-refractivity contribution is 0.838. The zero-order valence-electron chi connectivity index (χ0n) is 11.4. The molecular weight excluding hydrogens is 196 g/mol. The van der Waals surface area contributed by atoms with Crippen LogP contribution >= 0.6 is 0 Å². The highest BCUT2D eigenvalue weighted by atomic mass is 28.3. The van der Waals surface area contributed by atoms with Crippen molar-refractivity contribution in [1.82, 2.24) is 0 Å². The normalized spacial score (nSPS) is 11.9. The molecule has 0 bridgehead atoms. The fourth-order valence-electron chi connectivity index (χ4n) is 2.65. The molecule has 0 saturated carbocycles. The predicted molar refractivity (Wildman–Crippen MR) is 73.6 cm³/mol. The molecule has 0 saturated heterocycles. The van der Waals surface area contributed by atoms with Crippen LogP contribution in [0.1, 0.15) is 48.5 Å². The van der Waals surface area contributed by atoms with Crippen molar-refractivity contribution in [2.75, 3.05) is 0 Å². The Kier molecular flexibility index (Phi) is 5.38. The Morgan fingerprint density at radius 1 is 0.933 bits per heavy atom. The van der Waals surface area contributed by atoms with Gasteiger partial charge in [-0.2, -0.15) is 0 Å². The molecule has 0 amide bonds. The average molecular weight is 222 g/mol. The third-order valence-electron chi connectivity index (χ3n) is 3.36. The van der Waals surface area contributed by atoms with Crippen molar-refractivity contribution >= 4 is 8.07 Å². The van der Waals surface area contributed by atoms with Gasteiger partial charge in [-0.25, -0.2) is 0 Å². The minimum atomic E-state index is -1.51. The van der Waals surface area contributed by atoms with E-state index in [4.69, 9.17) is 0 Å². The summed E-state index contributed by atoms with van der Waals surface area (Å²) in [6.45, 7) is 19.9. The minimum Gasteiger partial charge on any atom is -0.125 e. The molecule has 0 aliphatic heterocycles. The molecule has 0 atom stereocenters. The van der Waals surface area contributed by atoms with E-state index < -0.39 is 8.07 Å². The molecule has 0 aromatic carbocycles. The third-order valence-corrected chi connectivity index (χ3v) is 9.65. The van der Waals surface area contributed by atoms with Crippen molar-refractivity contribution in [3.8, 4) is 11.5 Å². The van der Waals surface area contributed by atoms with Crippen molar-refractivity contribution in [2.45, 2.75) is 65.1 Å². The summed E-state index contributed by atoms with van der Waals surface area (Å²) < 4.78 is 0. The van der Waals surface area contributed by atoms with E-state index >= 15 is 0 Å². The van der Waals surface area contributed by atoms with Gasteiger partial charge in [-0.15, -0.1) is 5.54 Å². The first-order chi connectivity index (χ1) is 6.75. The zero-order valence-corrected chi connectivity index (χ0v) is 12.4. The van der Waals surface area contributed by atoms with Gasteiger partial charge in [0.2, 0.25) is 0 Å². The number of hydrogen-bond donors (Lipinski definition) is 0. The zero-order chi connectivity index (χ0) is 12.2. The monoisotopic (exact) mass is 222 g/mol. The van der Waals surface area contributed by atoms with Crippen LogP contribution in [0.2, 0.25) is 16.6 Å². The first-order valence-electron chi connectivity index (χ1n) is 5.93. The SMILES string of the molecule is C=C(C)C#C[Si](C(C)C)(C(C)C)C(C)C. The highest BCUT2D eigenvalue weighted by molar-refractivity contribution is 6.90. The van der Waals surface area contributed by atoms with Crippen LogP contribution in [-0.2, 0) is 0 Å². The standard InChI is InChI=1S/C14H26Si/c1-11(2)9-10-15(12(3)4,13(5)6)14(7)8/h12-14H,1H2,2-8H3. The van der Waals surface area contributed by atoms with Crippen molar-refractivity contribution in [3.05, 3.63) is 12.2 Å². The Balaban J connectivity index is 5.37. The summed E-state index contributed by atoms with van der Waals surface area (Å²) in [5, 5.41) is 0. The fraction of sp³-hybridized carbons (Fsp3) is 0.714. The van der Waals surface area contributed by atoms with Gasteiger partial charge in [-0.1, -0.05) is 54.0 Å². The number of rotatable bonds is 3. The number of hydrogen-bond acceptors (Lipinski definition) is 0. The lowest BCUT2D eigenvalue weighted by Gasteiger charge is -2.38. The molecule has 0 radical (unpaired) electrons. The molecule has 0 heterocycles. The Morgan fingerprint density at radius 2 is 1.27 bits per heavy atom. The van der Waals surface area contributed by atoms with Crippen LogP contribution in [0.4, 0.5) is 0 Å². The van der Waals surface area contributed by atoms with Crippen molar-refractivity contribution in [2.24, 2.45) is 0 Å². The van der Waals surface area contributed by atoms with Crippen LogP contribution in [-0.4, -0.2) is 8.07 Å². The quantitative estimate of drug-likeness (QED) is 0.476. The van der Waals surface area contributed by atoms with Crippen LogP contribution in [0.3, 0.4) is 0 Å². The Morgan fingerprint density at radius 3 is 1.47 bits per heavy atom. The van der Waals surface area contributed by atoms with Gasteiger partial charge < -0.3 is 0 Å². The van der Waals surface area contributed by atoms with Crippen LogP contribution in [0, 0.1) is 11.5 Å². The summed E-state index contributed by atoms with van der Waals surface area (Å²) in [4.78, 5) is 0. The lowest BCUT2D eigenvalue weighted by Crippen LogP contribution is -2.43. The summed E-state index contributed by atoms with van der Waals surface area (Å²) in [5.74, 6) is 3.25. The molecule has 86 valence electrons. The van der Waals surface area contributed by atoms with Crippen LogP contribution in [0.15, 0.2) is 12.2 Å². The molecule has 0 aliphatic carbocycles. The second-order valence-corrected chi connectivity index (χ2v) is 11.0. The maximum Gasteiger partial charge on any atom is 0.146 e. The Bertz CT molecular complexity index is 252. The predicted octanol–water partition coefficient (Wildman–Crippen LogP) is 4.78. The van der Waals surface area contributed by atoms with Crippen molar-refractivity contribution < 1.29 is 0 Å². The van der Waals surface area contributed by atoms with Gasteiger partial charge in [-0.3, -0.25) is 0 Å². The highest BCUT2D eigenvalue weighted by Crippen LogP contribution is 2.40. The van der Waals surface area contributed by atoms with Crippen LogP contribution < -0.4 is 0 Å². The molecular formula is C14H26Si. The van der Waals surface area contributed by atoms with Crippen molar-refractivity contribution in [3.63, 3.8) is 0 Å². The number of allylic oxidation sites excluding steroid dienone is 1. The molecule has 0 N–H and O–H groups in total. The summed E-state index contributed by atoms with van der Waals surface area (Å²) >= 11 is 0. The van der Waals surface area contributed by atoms with Crippen LogP contribution in [0.5, 0.6) is 0 Å². The molecule has 0 aliphatic rings. The van der Waals surface area contributed by atoms with E-state index in [9.17, 15) is 0 Å². The summed E-state index contributed by atoms with van der Waals surface area (Å²) in [5.41, 5.74) is 6.75. The molecule has 0 aromatic rings. The Labute approximate surface area is 97.2 Å². The Hall–Kier alpha value is -0.483. The molecule has 0 unspecified atom stereocenters. The van der Waals surface area contributed by atoms with E-state index in [2.05, 4.69) is 59.6 Å². The fourth-order valence-corrected chi connectivity index (χ4v) is 7.94. The first-order valence-corrected chi connectivity index (χ1v) is 8.17. The molecule has 0 nitrogen and oxygen atoms in total. The van der Waals surface area contributed by atoms with E-state index in [1.54, 1.807) is 0 Å². The topological polar surface area (TPSA) is 0 Å². The van der Waals surface area contributed by atoms with E-state index in [0.29, 0.717) is 16.6 Å². The summed E-state index contributed by atoms with van der Waals surface area (Å²) in [6, 6.07) is 0. The lowest BCUT2D eigenvalue weighted by atomic mass is 10.4. The molecule has 15 heavy (non-hydrogen) atoms. The van der Waals surface area contributed by atoms with Crippen LogP contribution in [0.25, 0.3) is 0 Å². The second kappa shape index (κ2) is 5.56. The third kappa shape index (κ3) is 3.24. The van der Waals surface area contributed by atoms with Gasteiger partial charge >= 0.3 is 0 Å². The molecule has 0 rings (SSSR count). The second-order valence-electron chi connectivity index (χ2n) is 5.43. The summed E-state index contributed by atoms with van der Waals surface area (Å²) in [7, 11) is -1.51. The highest BCUT2D eigenvalue weighted by Gasteiger charge is 2.41. The van der Waals surface area contributed by atoms with Gasteiger partial charge in [-0.05, 0) is 29.1 Å². The van der Waals surface area contributed by atoms with Gasteiger partial charge in [0.1, 0.15) is 8.07 Å². The molecule has 0 fully saturated rings. The van der Waals surface area contributed by atoms with Crippen molar-refractivity contribution in [1.29, 1.82) is 0 Å². The van der Waals surface area contributed by atoms with Gasteiger partial charge in [0.25, 0.3) is 0 Å². The first kappa shape index (κ1) is 14.5. The summed E-state index contributed by atoms with van der Waals surface area (Å²) in [6.07, 6.45) is 0. The van der Waals surface area contributed by atoms with E-state index in [1.165, 1.54) is 0 Å². The van der Waals surface area contributed by atoms with E-state index in [0.717, 1.165) is 5.57 Å². The smallest absolute Gasteiger partial charge is 0.125 e. The largest absolute Gasteiger partial charge is 0.146 e.